The molecule has 5 heteroatoms. The minimum atomic E-state index is 0.139. The molecule has 0 aliphatic carbocycles. The van der Waals surface area contributed by atoms with Gasteiger partial charge in [-0.1, -0.05) is 24.3 Å². The molecule has 1 unspecified atom stereocenters. The highest BCUT2D eigenvalue weighted by atomic mass is 16.5. The SMILES string of the molecule is COc1ccc(C2CCCN2C(=O)Cc2ccc(N3CCCC3=O)cc2)cc1. The molecule has 5 nitrogen and oxygen atoms in total. The third kappa shape index (κ3) is 3.75. The Hall–Kier alpha value is -2.82. The van der Waals surface area contributed by atoms with E-state index in [0.717, 1.165) is 54.9 Å². The van der Waals surface area contributed by atoms with Gasteiger partial charge in [-0.05, 0) is 54.7 Å². The Balaban J connectivity index is 1.42. The van der Waals surface area contributed by atoms with Crippen LogP contribution in [-0.2, 0) is 16.0 Å². The van der Waals surface area contributed by atoms with Gasteiger partial charge in [0.15, 0.2) is 0 Å². The second kappa shape index (κ2) is 8.05. The molecule has 2 fully saturated rings. The molecule has 0 radical (unpaired) electrons. The zero-order chi connectivity index (χ0) is 19.5. The Labute approximate surface area is 165 Å². The second-order valence-corrected chi connectivity index (χ2v) is 7.51. The van der Waals surface area contributed by atoms with Crippen molar-refractivity contribution in [2.24, 2.45) is 0 Å². The van der Waals surface area contributed by atoms with Crippen molar-refractivity contribution in [3.05, 3.63) is 59.7 Å². The van der Waals surface area contributed by atoms with Gasteiger partial charge in [0.05, 0.1) is 19.6 Å². The summed E-state index contributed by atoms with van der Waals surface area (Å²) in [6.07, 6.45) is 3.95. The maximum absolute atomic E-state index is 13.0. The molecule has 2 saturated heterocycles. The lowest BCUT2D eigenvalue weighted by atomic mass is 10.0. The van der Waals surface area contributed by atoms with Crippen LogP contribution in [0.25, 0.3) is 0 Å². The number of hydrogen-bond acceptors (Lipinski definition) is 3. The van der Waals surface area contributed by atoms with Gasteiger partial charge >= 0.3 is 0 Å². The van der Waals surface area contributed by atoms with Crippen LogP contribution in [-0.4, -0.2) is 36.9 Å². The van der Waals surface area contributed by atoms with Crippen LogP contribution in [0.5, 0.6) is 5.75 Å². The van der Waals surface area contributed by atoms with Crippen molar-refractivity contribution >= 4 is 17.5 Å². The number of likely N-dealkylation sites (tertiary alicyclic amines) is 1. The first kappa shape index (κ1) is 18.5. The zero-order valence-electron chi connectivity index (χ0n) is 16.3. The summed E-state index contributed by atoms with van der Waals surface area (Å²) < 4.78 is 5.23. The van der Waals surface area contributed by atoms with Gasteiger partial charge in [-0.25, -0.2) is 0 Å². The smallest absolute Gasteiger partial charge is 0.227 e. The van der Waals surface area contributed by atoms with Crippen LogP contribution in [0, 0.1) is 0 Å². The average Bonchev–Trinajstić information content (AvgIpc) is 3.38. The number of nitrogens with zero attached hydrogens (tertiary/aromatic N) is 2. The van der Waals surface area contributed by atoms with Gasteiger partial charge in [-0.15, -0.1) is 0 Å². The fraction of sp³-hybridized carbons (Fsp3) is 0.391. The van der Waals surface area contributed by atoms with Crippen molar-refractivity contribution in [3.8, 4) is 5.75 Å². The first-order valence-corrected chi connectivity index (χ1v) is 9.98. The summed E-state index contributed by atoms with van der Waals surface area (Å²) in [5, 5.41) is 0. The van der Waals surface area contributed by atoms with Crippen LogP contribution in [0.2, 0.25) is 0 Å². The molecule has 2 heterocycles. The largest absolute Gasteiger partial charge is 0.497 e. The Kier molecular flexibility index (Phi) is 5.33. The lowest BCUT2D eigenvalue weighted by Gasteiger charge is -2.25. The molecule has 4 rings (SSSR count). The van der Waals surface area contributed by atoms with Crippen LogP contribution in [0.1, 0.15) is 42.9 Å². The van der Waals surface area contributed by atoms with E-state index in [1.165, 1.54) is 0 Å². The molecular formula is C23H26N2O3. The number of methoxy groups -OCH3 is 1. The van der Waals surface area contributed by atoms with E-state index in [0.29, 0.717) is 12.8 Å². The summed E-state index contributed by atoms with van der Waals surface area (Å²) in [5.74, 6) is 1.17. The second-order valence-electron chi connectivity index (χ2n) is 7.51. The van der Waals surface area contributed by atoms with Gasteiger partial charge in [0.1, 0.15) is 5.75 Å². The minimum Gasteiger partial charge on any atom is -0.497 e. The lowest BCUT2D eigenvalue weighted by Crippen LogP contribution is -2.31. The quantitative estimate of drug-likeness (QED) is 0.797. The number of hydrogen-bond donors (Lipinski definition) is 0. The summed E-state index contributed by atoms with van der Waals surface area (Å²) in [5.41, 5.74) is 3.08. The third-order valence-electron chi connectivity index (χ3n) is 5.75. The van der Waals surface area contributed by atoms with Crippen molar-refractivity contribution in [1.82, 2.24) is 4.90 Å². The molecule has 2 aromatic carbocycles. The Morgan fingerprint density at radius 1 is 1.04 bits per heavy atom. The molecule has 0 N–H and O–H groups in total. The number of rotatable bonds is 5. The third-order valence-corrected chi connectivity index (χ3v) is 5.75. The fourth-order valence-electron chi connectivity index (χ4n) is 4.23. The minimum absolute atomic E-state index is 0.139. The van der Waals surface area contributed by atoms with Gasteiger partial charge in [-0.2, -0.15) is 0 Å². The van der Waals surface area contributed by atoms with E-state index in [4.69, 9.17) is 4.74 Å². The maximum Gasteiger partial charge on any atom is 0.227 e. The first-order valence-electron chi connectivity index (χ1n) is 9.98. The molecule has 0 aromatic heterocycles. The Morgan fingerprint density at radius 2 is 1.79 bits per heavy atom. The Morgan fingerprint density at radius 3 is 2.43 bits per heavy atom. The highest BCUT2D eigenvalue weighted by molar-refractivity contribution is 5.95. The predicted molar refractivity (Wildman–Crippen MR) is 108 cm³/mol. The average molecular weight is 378 g/mol. The van der Waals surface area contributed by atoms with Gasteiger partial charge < -0.3 is 14.5 Å². The first-order chi connectivity index (χ1) is 13.7. The number of ether oxygens (including phenoxy) is 1. The summed E-state index contributed by atoms with van der Waals surface area (Å²) in [4.78, 5) is 28.7. The highest BCUT2D eigenvalue weighted by Gasteiger charge is 2.30. The molecule has 2 aliphatic rings. The number of amides is 2. The summed E-state index contributed by atoms with van der Waals surface area (Å²) >= 11 is 0. The number of benzene rings is 2. The van der Waals surface area contributed by atoms with Crippen LogP contribution >= 0.6 is 0 Å². The van der Waals surface area contributed by atoms with E-state index in [1.54, 1.807) is 7.11 Å². The van der Waals surface area contributed by atoms with Gasteiger partial charge in [-0.3, -0.25) is 9.59 Å². The Bertz CT molecular complexity index is 845. The van der Waals surface area contributed by atoms with E-state index in [9.17, 15) is 9.59 Å². The molecule has 0 bridgehead atoms. The molecule has 2 amide bonds. The van der Waals surface area contributed by atoms with E-state index in [2.05, 4.69) is 12.1 Å². The fourth-order valence-corrected chi connectivity index (χ4v) is 4.23. The van der Waals surface area contributed by atoms with E-state index in [1.807, 2.05) is 46.2 Å². The zero-order valence-corrected chi connectivity index (χ0v) is 16.3. The van der Waals surface area contributed by atoms with Crippen molar-refractivity contribution in [3.63, 3.8) is 0 Å². The summed E-state index contributed by atoms with van der Waals surface area (Å²) in [6.45, 7) is 1.59. The van der Waals surface area contributed by atoms with Crippen LogP contribution in [0.4, 0.5) is 5.69 Å². The van der Waals surface area contributed by atoms with Gasteiger partial charge in [0.2, 0.25) is 11.8 Å². The predicted octanol–water partition coefficient (Wildman–Crippen LogP) is 3.73. The van der Waals surface area contributed by atoms with Crippen molar-refractivity contribution in [2.45, 2.75) is 38.1 Å². The topological polar surface area (TPSA) is 49.9 Å². The molecule has 0 saturated carbocycles. The van der Waals surface area contributed by atoms with Crippen LogP contribution in [0.3, 0.4) is 0 Å². The molecular weight excluding hydrogens is 352 g/mol. The monoisotopic (exact) mass is 378 g/mol. The van der Waals surface area contributed by atoms with Gasteiger partial charge in [0, 0.05) is 25.2 Å². The van der Waals surface area contributed by atoms with E-state index >= 15 is 0 Å². The summed E-state index contributed by atoms with van der Waals surface area (Å²) in [7, 11) is 1.66. The molecule has 2 aromatic rings. The highest BCUT2D eigenvalue weighted by Crippen LogP contribution is 2.33. The molecule has 0 spiro atoms. The van der Waals surface area contributed by atoms with E-state index < -0.39 is 0 Å². The van der Waals surface area contributed by atoms with Crippen LogP contribution < -0.4 is 9.64 Å². The van der Waals surface area contributed by atoms with Crippen molar-refractivity contribution in [1.29, 1.82) is 0 Å². The van der Waals surface area contributed by atoms with Crippen LogP contribution in [0.15, 0.2) is 48.5 Å². The lowest BCUT2D eigenvalue weighted by molar-refractivity contribution is -0.131. The number of anilines is 1. The number of carbonyl (C=O) groups is 2. The van der Waals surface area contributed by atoms with Crippen molar-refractivity contribution in [2.75, 3.05) is 25.1 Å². The molecule has 146 valence electrons. The van der Waals surface area contributed by atoms with Crippen molar-refractivity contribution < 1.29 is 14.3 Å². The summed E-state index contributed by atoms with van der Waals surface area (Å²) in [6, 6.07) is 16.0. The molecule has 1 atom stereocenters. The normalized spacial score (nSPS) is 19.3. The number of carbonyl (C=O) groups excluding carboxylic acids is 2. The molecule has 2 aliphatic heterocycles. The maximum atomic E-state index is 13.0. The standard InChI is InChI=1S/C23H26N2O3/c1-28-20-12-8-18(9-13-20)21-4-2-15-25(21)23(27)16-17-6-10-19(11-7-17)24-14-3-5-22(24)26/h6-13,21H,2-5,14-16H2,1H3. The van der Waals surface area contributed by atoms with Gasteiger partial charge in [0.25, 0.3) is 0 Å². The molecule has 28 heavy (non-hydrogen) atoms. The van der Waals surface area contributed by atoms with E-state index in [-0.39, 0.29) is 17.9 Å².